The van der Waals surface area contributed by atoms with Crippen molar-refractivity contribution in [2.75, 3.05) is 13.2 Å². The van der Waals surface area contributed by atoms with Gasteiger partial charge in [-0.1, -0.05) is 322 Å². The summed E-state index contributed by atoms with van der Waals surface area (Å²) in [6, 6.07) is 0. The van der Waals surface area contributed by atoms with Crippen molar-refractivity contribution in [3.05, 3.63) is 122 Å². The monoisotopic (exact) mass is 1150 g/mol. The van der Waals surface area contributed by atoms with E-state index in [0.717, 1.165) is 135 Å². The van der Waals surface area contributed by atoms with Gasteiger partial charge in [-0.05, 0) is 109 Å². The first-order chi connectivity index (χ1) is 41.0. The summed E-state index contributed by atoms with van der Waals surface area (Å²) >= 11 is 0. The summed E-state index contributed by atoms with van der Waals surface area (Å²) < 4.78 is 16.9. The summed E-state index contributed by atoms with van der Waals surface area (Å²) in [5.41, 5.74) is 0. The third kappa shape index (κ3) is 68.5. The van der Waals surface area contributed by atoms with Gasteiger partial charge in [0.1, 0.15) is 13.2 Å². The maximum Gasteiger partial charge on any atom is 0.306 e. The van der Waals surface area contributed by atoms with Crippen molar-refractivity contribution in [3.8, 4) is 0 Å². The van der Waals surface area contributed by atoms with Crippen molar-refractivity contribution in [2.24, 2.45) is 0 Å². The number of allylic oxidation sites excluding steroid dienone is 20. The lowest BCUT2D eigenvalue weighted by Gasteiger charge is -2.18. The van der Waals surface area contributed by atoms with E-state index < -0.39 is 6.10 Å². The van der Waals surface area contributed by atoms with Crippen LogP contribution in [-0.2, 0) is 28.6 Å². The SMILES string of the molecule is CC/C=C\C/C=C\C/C=C\C/C=C\C/C=C\C/C=C\C/C=C\C/C=C\C/C=C\CCCCCCCCCC(=O)OCC(COC(=O)CCCCCCC/C=C\CCC)OC(=O)CCCCCCCCCCCCCCCCCCCCCC. The van der Waals surface area contributed by atoms with Crippen LogP contribution >= 0.6 is 0 Å². The van der Waals surface area contributed by atoms with Crippen LogP contribution < -0.4 is 0 Å². The quantitative estimate of drug-likeness (QED) is 0.0261. The topological polar surface area (TPSA) is 78.9 Å². The Labute approximate surface area is 513 Å². The molecule has 6 nitrogen and oxygen atoms in total. The zero-order chi connectivity index (χ0) is 59.9. The first-order valence-electron chi connectivity index (χ1n) is 35.0. The maximum absolute atomic E-state index is 12.9. The number of unbranched alkanes of at least 4 members (excludes halogenated alkanes) is 32. The number of hydrogen-bond donors (Lipinski definition) is 0. The van der Waals surface area contributed by atoms with E-state index in [1.54, 1.807) is 0 Å². The number of hydrogen-bond acceptors (Lipinski definition) is 6. The number of carbonyl (C=O) groups is 3. The third-order valence-corrected chi connectivity index (χ3v) is 14.9. The Morgan fingerprint density at radius 1 is 0.253 bits per heavy atom. The van der Waals surface area contributed by atoms with Crippen LogP contribution in [0.15, 0.2) is 122 Å². The lowest BCUT2D eigenvalue weighted by molar-refractivity contribution is -0.167. The van der Waals surface area contributed by atoms with Crippen LogP contribution in [0.1, 0.15) is 329 Å². The number of carbonyl (C=O) groups excluding carboxylic acids is 3. The first kappa shape index (κ1) is 78.8. The van der Waals surface area contributed by atoms with Gasteiger partial charge in [-0.25, -0.2) is 0 Å². The number of ether oxygens (including phenoxy) is 3. The van der Waals surface area contributed by atoms with Crippen LogP contribution in [0.4, 0.5) is 0 Å². The molecule has 83 heavy (non-hydrogen) atoms. The van der Waals surface area contributed by atoms with Crippen LogP contribution in [0.5, 0.6) is 0 Å². The molecular formula is C77H130O6. The standard InChI is InChI=1S/C77H130O6/c1-4-7-10-13-16-19-22-24-26-28-30-32-33-34-35-36-37-38-39-40-41-42-43-44-45-46-48-49-51-53-55-58-61-64-67-70-76(79)82-73-74(72-81-75(78)69-66-63-60-57-21-18-15-12-9-6-3)83-77(80)71-68-65-62-59-56-54-52-50-47-31-29-27-25-23-20-17-14-11-8-5-2/h7,10,12,15-16,19,24,26,30,32,34-35,37-38,40-41,43-44,46,48,74H,4-6,8-9,11,13-14,17-18,20-23,25,27-29,31,33,36,39,42,45,47,49-73H2,1-3H3/b10-7-,15-12-,19-16-,26-24-,32-30-,35-34-,38-37-,41-40-,44-43-,48-46-. The Morgan fingerprint density at radius 2 is 0.494 bits per heavy atom. The molecule has 0 radical (unpaired) electrons. The van der Waals surface area contributed by atoms with Crippen LogP contribution in [-0.4, -0.2) is 37.2 Å². The second-order valence-corrected chi connectivity index (χ2v) is 23.1. The fourth-order valence-electron chi connectivity index (χ4n) is 9.73. The summed E-state index contributed by atoms with van der Waals surface area (Å²) in [6.07, 6.45) is 98.0. The van der Waals surface area contributed by atoms with Crippen molar-refractivity contribution in [2.45, 2.75) is 335 Å². The van der Waals surface area contributed by atoms with Gasteiger partial charge in [0.25, 0.3) is 0 Å². The summed E-state index contributed by atoms with van der Waals surface area (Å²) in [7, 11) is 0. The van der Waals surface area contributed by atoms with Gasteiger partial charge in [-0.15, -0.1) is 0 Å². The largest absolute Gasteiger partial charge is 0.462 e. The van der Waals surface area contributed by atoms with Crippen molar-refractivity contribution >= 4 is 17.9 Å². The Balaban J connectivity index is 4.21. The fourth-order valence-corrected chi connectivity index (χ4v) is 9.73. The van der Waals surface area contributed by atoms with Crippen LogP contribution in [0.25, 0.3) is 0 Å². The molecule has 474 valence electrons. The molecular weight excluding hydrogens is 1020 g/mol. The van der Waals surface area contributed by atoms with Crippen LogP contribution in [0.2, 0.25) is 0 Å². The number of esters is 3. The highest BCUT2D eigenvalue weighted by Gasteiger charge is 2.19. The van der Waals surface area contributed by atoms with Gasteiger partial charge in [-0.2, -0.15) is 0 Å². The fraction of sp³-hybridized carbons (Fsp3) is 0.701. The Kier molecular flexibility index (Phi) is 66.7. The zero-order valence-corrected chi connectivity index (χ0v) is 54.4. The molecule has 0 fully saturated rings. The van der Waals surface area contributed by atoms with Crippen LogP contribution in [0, 0.1) is 0 Å². The summed E-state index contributed by atoms with van der Waals surface area (Å²) in [6.45, 7) is 6.48. The molecule has 0 N–H and O–H groups in total. The molecule has 0 aliphatic rings. The molecule has 1 atom stereocenters. The Morgan fingerprint density at radius 3 is 0.795 bits per heavy atom. The number of rotatable bonds is 63. The molecule has 0 bridgehead atoms. The minimum atomic E-state index is -0.786. The van der Waals surface area contributed by atoms with Gasteiger partial charge < -0.3 is 14.2 Å². The third-order valence-electron chi connectivity index (χ3n) is 14.9. The molecule has 0 spiro atoms. The minimum absolute atomic E-state index is 0.0842. The normalized spacial score (nSPS) is 12.9. The molecule has 0 saturated carbocycles. The summed E-state index contributed by atoms with van der Waals surface area (Å²) in [5.74, 6) is -0.894. The van der Waals surface area contributed by atoms with E-state index in [0.29, 0.717) is 19.3 Å². The van der Waals surface area contributed by atoms with Crippen LogP contribution in [0.3, 0.4) is 0 Å². The van der Waals surface area contributed by atoms with Gasteiger partial charge in [0.2, 0.25) is 0 Å². The molecule has 0 aromatic rings. The van der Waals surface area contributed by atoms with Crippen molar-refractivity contribution < 1.29 is 28.6 Å². The average Bonchev–Trinajstić information content (AvgIpc) is 3.49. The summed E-state index contributed by atoms with van der Waals surface area (Å²) in [4.78, 5) is 38.3. The lowest BCUT2D eigenvalue weighted by atomic mass is 10.0. The second kappa shape index (κ2) is 70.3. The van der Waals surface area contributed by atoms with Gasteiger partial charge in [0, 0.05) is 19.3 Å². The molecule has 0 rings (SSSR count). The molecule has 0 aromatic carbocycles. The van der Waals surface area contributed by atoms with E-state index >= 15 is 0 Å². The van der Waals surface area contributed by atoms with E-state index in [9.17, 15) is 14.4 Å². The van der Waals surface area contributed by atoms with E-state index in [1.165, 1.54) is 154 Å². The predicted octanol–water partition coefficient (Wildman–Crippen LogP) is 24.3. The molecule has 0 heterocycles. The van der Waals surface area contributed by atoms with E-state index in [2.05, 4.69) is 142 Å². The Bertz CT molecular complexity index is 1700. The van der Waals surface area contributed by atoms with Gasteiger partial charge in [-0.3, -0.25) is 14.4 Å². The molecule has 0 amide bonds. The van der Waals surface area contributed by atoms with E-state index in [1.807, 2.05) is 0 Å². The average molecular weight is 1150 g/mol. The molecule has 0 aliphatic carbocycles. The minimum Gasteiger partial charge on any atom is -0.462 e. The summed E-state index contributed by atoms with van der Waals surface area (Å²) in [5, 5.41) is 0. The lowest BCUT2D eigenvalue weighted by Crippen LogP contribution is -2.30. The zero-order valence-electron chi connectivity index (χ0n) is 54.4. The highest BCUT2D eigenvalue weighted by atomic mass is 16.6. The molecule has 1 unspecified atom stereocenters. The Hall–Kier alpha value is -4.19. The van der Waals surface area contributed by atoms with Gasteiger partial charge in [0.05, 0.1) is 0 Å². The second-order valence-electron chi connectivity index (χ2n) is 23.1. The van der Waals surface area contributed by atoms with E-state index in [-0.39, 0.29) is 31.1 Å². The van der Waals surface area contributed by atoms with E-state index in [4.69, 9.17) is 14.2 Å². The van der Waals surface area contributed by atoms with Gasteiger partial charge >= 0.3 is 17.9 Å². The molecule has 0 aliphatic heterocycles. The van der Waals surface area contributed by atoms with Crippen molar-refractivity contribution in [1.82, 2.24) is 0 Å². The highest BCUT2D eigenvalue weighted by molar-refractivity contribution is 5.71. The first-order valence-corrected chi connectivity index (χ1v) is 35.0. The highest BCUT2D eigenvalue weighted by Crippen LogP contribution is 2.17. The maximum atomic E-state index is 12.9. The molecule has 0 aromatic heterocycles. The molecule has 6 heteroatoms. The predicted molar refractivity (Wildman–Crippen MR) is 362 cm³/mol. The smallest absolute Gasteiger partial charge is 0.306 e. The van der Waals surface area contributed by atoms with Gasteiger partial charge in [0.15, 0.2) is 6.10 Å². The van der Waals surface area contributed by atoms with Crippen molar-refractivity contribution in [3.63, 3.8) is 0 Å². The van der Waals surface area contributed by atoms with Crippen molar-refractivity contribution in [1.29, 1.82) is 0 Å². The molecule has 0 saturated heterocycles.